The molecule has 8 nitrogen and oxygen atoms in total. The standard InChI is InChI=1S/C23H28FN7O/c1-4-28-9-10-29(13-16(28)3)20-5-7-25-21-18(20)6-8-31(21)23(32)27-17-11-19(24)22-26-15(2)12-30(22)14-17/h5,7,11-12,14,16H,4,6,8-10,13H2,1-3H3,(H,27,32)/t16-/m0/s1. The van der Waals surface area contributed by atoms with E-state index in [2.05, 4.69) is 45.0 Å². The fraction of sp³-hybridized carbons (Fsp3) is 0.435. The number of anilines is 3. The van der Waals surface area contributed by atoms with Crippen molar-refractivity contribution in [1.82, 2.24) is 19.3 Å². The molecule has 2 aliphatic heterocycles. The summed E-state index contributed by atoms with van der Waals surface area (Å²) in [5.41, 5.74) is 3.61. The molecule has 3 aromatic rings. The molecule has 2 aliphatic rings. The highest BCUT2D eigenvalue weighted by Crippen LogP contribution is 2.35. The van der Waals surface area contributed by atoms with Crippen molar-refractivity contribution in [2.45, 2.75) is 33.2 Å². The zero-order valence-electron chi connectivity index (χ0n) is 18.7. The van der Waals surface area contributed by atoms with Gasteiger partial charge < -0.3 is 14.6 Å². The van der Waals surface area contributed by atoms with Crippen molar-refractivity contribution >= 4 is 28.9 Å². The quantitative estimate of drug-likeness (QED) is 0.681. The molecular weight excluding hydrogens is 409 g/mol. The summed E-state index contributed by atoms with van der Waals surface area (Å²) in [5.74, 6) is 0.212. The Labute approximate surface area is 186 Å². The summed E-state index contributed by atoms with van der Waals surface area (Å²) in [6.45, 7) is 10.8. The minimum atomic E-state index is -0.474. The molecule has 0 bridgehead atoms. The van der Waals surface area contributed by atoms with Gasteiger partial charge in [-0.3, -0.25) is 9.80 Å². The average molecular weight is 438 g/mol. The van der Waals surface area contributed by atoms with Crippen LogP contribution in [-0.4, -0.2) is 64.1 Å². The van der Waals surface area contributed by atoms with E-state index in [1.54, 1.807) is 34.8 Å². The maximum absolute atomic E-state index is 14.4. The van der Waals surface area contributed by atoms with Crippen LogP contribution in [-0.2, 0) is 6.42 Å². The maximum atomic E-state index is 14.4. The third kappa shape index (κ3) is 3.56. The van der Waals surface area contributed by atoms with Gasteiger partial charge in [-0.1, -0.05) is 6.92 Å². The van der Waals surface area contributed by atoms with Gasteiger partial charge in [-0.05, 0) is 32.9 Å². The first kappa shape index (κ1) is 20.7. The lowest BCUT2D eigenvalue weighted by Crippen LogP contribution is -2.52. The van der Waals surface area contributed by atoms with Crippen molar-refractivity contribution in [2.24, 2.45) is 0 Å². The zero-order chi connectivity index (χ0) is 22.4. The van der Waals surface area contributed by atoms with Crippen LogP contribution in [0.2, 0.25) is 0 Å². The Morgan fingerprint density at radius 2 is 2.12 bits per heavy atom. The summed E-state index contributed by atoms with van der Waals surface area (Å²) in [6.07, 6.45) is 5.93. The lowest BCUT2D eigenvalue weighted by molar-refractivity contribution is 0.199. The Bertz CT molecular complexity index is 1180. The highest BCUT2D eigenvalue weighted by molar-refractivity contribution is 6.03. The number of hydrogen-bond donors (Lipinski definition) is 1. The molecule has 1 N–H and O–H groups in total. The van der Waals surface area contributed by atoms with Gasteiger partial charge in [0.15, 0.2) is 11.5 Å². The maximum Gasteiger partial charge on any atom is 0.327 e. The summed E-state index contributed by atoms with van der Waals surface area (Å²) in [7, 11) is 0. The number of hydrogen-bond acceptors (Lipinski definition) is 5. The van der Waals surface area contributed by atoms with Crippen LogP contribution in [0.4, 0.5) is 26.4 Å². The topological polar surface area (TPSA) is 69.0 Å². The van der Waals surface area contributed by atoms with Gasteiger partial charge in [-0.25, -0.2) is 19.2 Å². The van der Waals surface area contributed by atoms with Crippen LogP contribution in [0.15, 0.2) is 30.7 Å². The number of likely N-dealkylation sites (N-methyl/N-ethyl adjacent to an activating group) is 1. The molecule has 5 rings (SSSR count). The van der Waals surface area contributed by atoms with Crippen molar-refractivity contribution < 1.29 is 9.18 Å². The van der Waals surface area contributed by atoms with E-state index in [1.807, 2.05) is 0 Å². The number of nitrogens with zero attached hydrogens (tertiary/aromatic N) is 6. The lowest BCUT2D eigenvalue weighted by atomic mass is 10.1. The first-order valence-corrected chi connectivity index (χ1v) is 11.1. The number of aryl methyl sites for hydroxylation is 1. The Kier molecular flexibility index (Phi) is 5.21. The van der Waals surface area contributed by atoms with Crippen molar-refractivity contribution in [1.29, 1.82) is 0 Å². The molecule has 0 saturated carbocycles. The molecule has 1 atom stereocenters. The predicted molar refractivity (Wildman–Crippen MR) is 123 cm³/mol. The van der Waals surface area contributed by atoms with Crippen LogP contribution in [0.1, 0.15) is 25.1 Å². The summed E-state index contributed by atoms with van der Waals surface area (Å²) < 4.78 is 16.0. The van der Waals surface area contributed by atoms with Gasteiger partial charge in [-0.2, -0.15) is 0 Å². The monoisotopic (exact) mass is 437 g/mol. The Hall–Kier alpha value is -3.20. The van der Waals surface area contributed by atoms with Gasteiger partial charge >= 0.3 is 6.03 Å². The molecule has 0 aromatic carbocycles. The van der Waals surface area contributed by atoms with Crippen LogP contribution in [0, 0.1) is 12.7 Å². The van der Waals surface area contributed by atoms with Crippen molar-refractivity contribution in [2.75, 3.05) is 47.8 Å². The number of nitrogens with one attached hydrogen (secondary N) is 1. The fourth-order valence-electron chi connectivity index (χ4n) is 4.89. The lowest BCUT2D eigenvalue weighted by Gasteiger charge is -2.41. The van der Waals surface area contributed by atoms with Crippen LogP contribution < -0.4 is 15.1 Å². The molecule has 0 unspecified atom stereocenters. The molecular formula is C23H28FN7O. The first-order valence-electron chi connectivity index (χ1n) is 11.1. The second-order valence-electron chi connectivity index (χ2n) is 8.58. The van der Waals surface area contributed by atoms with E-state index in [1.165, 1.54) is 6.07 Å². The van der Waals surface area contributed by atoms with E-state index < -0.39 is 5.82 Å². The van der Waals surface area contributed by atoms with Gasteiger partial charge in [0.1, 0.15) is 5.82 Å². The number of carbonyl (C=O) groups is 1. The van der Waals surface area contributed by atoms with Gasteiger partial charge in [0.2, 0.25) is 0 Å². The van der Waals surface area contributed by atoms with E-state index in [0.717, 1.165) is 43.9 Å². The molecule has 0 aliphatic carbocycles. The molecule has 3 aromatic heterocycles. The summed E-state index contributed by atoms with van der Waals surface area (Å²) in [4.78, 5) is 28.3. The largest absolute Gasteiger partial charge is 0.368 e. The number of amides is 2. The number of piperazine rings is 1. The number of halogens is 1. The van der Waals surface area contributed by atoms with Crippen molar-refractivity contribution in [3.8, 4) is 0 Å². The minimum absolute atomic E-state index is 0.246. The van der Waals surface area contributed by atoms with E-state index in [0.29, 0.717) is 29.8 Å². The van der Waals surface area contributed by atoms with Gasteiger partial charge in [-0.15, -0.1) is 0 Å². The highest BCUT2D eigenvalue weighted by atomic mass is 19.1. The molecule has 1 saturated heterocycles. The SMILES string of the molecule is CCN1CCN(c2ccnc3c2CCN3C(=O)Nc2cc(F)c3nc(C)cn3c2)C[C@@H]1C. The normalized spacial score (nSPS) is 18.9. The molecule has 9 heteroatoms. The van der Waals surface area contributed by atoms with Crippen LogP contribution in [0.3, 0.4) is 0 Å². The highest BCUT2D eigenvalue weighted by Gasteiger charge is 2.31. The second kappa shape index (κ2) is 8.05. The van der Waals surface area contributed by atoms with Gasteiger partial charge in [0.05, 0.1) is 11.4 Å². The molecule has 1 fully saturated rings. The number of imidazole rings is 1. The number of urea groups is 1. The number of rotatable bonds is 3. The molecule has 32 heavy (non-hydrogen) atoms. The van der Waals surface area contributed by atoms with Gasteiger partial charge in [0.25, 0.3) is 0 Å². The average Bonchev–Trinajstić information content (AvgIpc) is 3.37. The first-order chi connectivity index (χ1) is 15.4. The number of fused-ring (bicyclic) bond motifs is 2. The second-order valence-corrected chi connectivity index (χ2v) is 8.58. The Balaban J connectivity index is 1.37. The molecule has 0 radical (unpaired) electrons. The van der Waals surface area contributed by atoms with Crippen molar-refractivity contribution in [3.05, 3.63) is 47.8 Å². The smallest absolute Gasteiger partial charge is 0.327 e. The summed E-state index contributed by atoms with van der Waals surface area (Å²) in [5, 5.41) is 2.82. The number of pyridine rings is 2. The summed E-state index contributed by atoms with van der Waals surface area (Å²) in [6, 6.07) is 3.53. The van der Waals surface area contributed by atoms with Crippen LogP contribution >= 0.6 is 0 Å². The van der Waals surface area contributed by atoms with E-state index in [4.69, 9.17) is 0 Å². The fourth-order valence-corrected chi connectivity index (χ4v) is 4.89. The molecule has 168 valence electrons. The van der Waals surface area contributed by atoms with Crippen molar-refractivity contribution in [3.63, 3.8) is 0 Å². The predicted octanol–water partition coefficient (Wildman–Crippen LogP) is 3.30. The molecule has 2 amide bonds. The molecule has 0 spiro atoms. The third-order valence-electron chi connectivity index (χ3n) is 6.48. The Morgan fingerprint density at radius 1 is 1.28 bits per heavy atom. The summed E-state index contributed by atoms with van der Waals surface area (Å²) >= 11 is 0. The minimum Gasteiger partial charge on any atom is -0.368 e. The van der Waals surface area contributed by atoms with E-state index in [9.17, 15) is 9.18 Å². The third-order valence-corrected chi connectivity index (χ3v) is 6.48. The van der Waals surface area contributed by atoms with E-state index >= 15 is 0 Å². The van der Waals surface area contributed by atoms with Gasteiger partial charge in [0, 0.05) is 68.1 Å². The van der Waals surface area contributed by atoms with E-state index in [-0.39, 0.29) is 11.7 Å². The zero-order valence-corrected chi connectivity index (χ0v) is 18.7. The number of carbonyl (C=O) groups excluding carboxylic acids is 1. The van der Waals surface area contributed by atoms with Crippen LogP contribution in [0.25, 0.3) is 5.65 Å². The number of aromatic nitrogens is 3. The Morgan fingerprint density at radius 3 is 2.91 bits per heavy atom. The van der Waals surface area contributed by atoms with Crippen LogP contribution in [0.5, 0.6) is 0 Å². The molecule has 5 heterocycles.